The molecule has 4 aromatic carbocycles. The molecular formula is C33H25N5O. The molecule has 0 bridgehead atoms. The molecule has 0 aliphatic carbocycles. The quantitative estimate of drug-likeness (QED) is 0.240. The maximum Gasteiger partial charge on any atom is 0.182 e. The number of nitrogens with zero attached hydrogens (tertiary/aromatic N) is 5. The van der Waals surface area contributed by atoms with E-state index < -0.39 is 0 Å². The fourth-order valence-electron chi connectivity index (χ4n) is 5.20. The second-order valence-corrected chi connectivity index (χ2v) is 9.40. The van der Waals surface area contributed by atoms with Crippen molar-refractivity contribution in [2.75, 3.05) is 7.11 Å². The summed E-state index contributed by atoms with van der Waals surface area (Å²) in [5.74, 6) is 1.44. The molecule has 6 nitrogen and oxygen atoms in total. The fourth-order valence-corrected chi connectivity index (χ4v) is 5.20. The lowest BCUT2D eigenvalue weighted by molar-refractivity contribution is 0.415. The van der Waals surface area contributed by atoms with Gasteiger partial charge in [0.15, 0.2) is 11.5 Å². The summed E-state index contributed by atoms with van der Waals surface area (Å²) >= 11 is 0. The summed E-state index contributed by atoms with van der Waals surface area (Å²) in [6, 6.07) is 39.3. The number of hydrogen-bond donors (Lipinski definition) is 0. The zero-order valence-electron chi connectivity index (χ0n) is 21.4. The fraction of sp³-hybridized carbons (Fsp3) is 0.0606. The Balaban J connectivity index is 1.56. The Morgan fingerprint density at radius 3 is 1.97 bits per heavy atom. The molecule has 7 aromatic rings. The highest BCUT2D eigenvalue weighted by Gasteiger charge is 2.25. The van der Waals surface area contributed by atoms with Crippen molar-refractivity contribution in [2.45, 2.75) is 6.54 Å². The third kappa shape index (κ3) is 4.03. The van der Waals surface area contributed by atoms with Crippen LogP contribution in [-0.4, -0.2) is 31.3 Å². The molecule has 0 saturated carbocycles. The molecular weight excluding hydrogens is 482 g/mol. The standard InChI is InChI=1S/C33H25N5O/c1-39-27-19-17-26(18-20-27)31-35-33-29-28(24-13-7-3-8-14-24)30(25-15-9-4-10-16-25)37(21-23-11-5-2-6-12-23)32(29)34-22-38(33)36-31/h2-20,22H,21H2,1H3. The monoisotopic (exact) mass is 507 g/mol. The van der Waals surface area contributed by atoms with E-state index in [2.05, 4.69) is 77.4 Å². The van der Waals surface area contributed by atoms with Gasteiger partial charge in [0.25, 0.3) is 0 Å². The van der Waals surface area contributed by atoms with Gasteiger partial charge in [-0.3, -0.25) is 0 Å². The predicted molar refractivity (Wildman–Crippen MR) is 155 cm³/mol. The van der Waals surface area contributed by atoms with E-state index in [4.69, 9.17) is 19.8 Å². The van der Waals surface area contributed by atoms with Gasteiger partial charge in [-0.25, -0.2) is 14.5 Å². The summed E-state index contributed by atoms with van der Waals surface area (Å²) in [6.45, 7) is 0.678. The average Bonchev–Trinajstić information content (AvgIpc) is 3.58. The van der Waals surface area contributed by atoms with E-state index >= 15 is 0 Å². The third-order valence-electron chi connectivity index (χ3n) is 7.02. The number of aromatic nitrogens is 5. The van der Waals surface area contributed by atoms with Crippen LogP contribution in [0.1, 0.15) is 5.56 Å². The molecule has 0 fully saturated rings. The Hall–Kier alpha value is -5.23. The van der Waals surface area contributed by atoms with Crippen molar-refractivity contribution in [3.8, 4) is 39.5 Å². The van der Waals surface area contributed by atoms with Crippen LogP contribution >= 0.6 is 0 Å². The van der Waals surface area contributed by atoms with Gasteiger partial charge in [-0.15, -0.1) is 5.10 Å². The number of hydrogen-bond acceptors (Lipinski definition) is 4. The Kier molecular flexibility index (Phi) is 5.63. The third-order valence-corrected chi connectivity index (χ3v) is 7.02. The first-order valence-corrected chi connectivity index (χ1v) is 12.9. The lowest BCUT2D eigenvalue weighted by Gasteiger charge is -2.13. The number of ether oxygens (including phenoxy) is 1. The summed E-state index contributed by atoms with van der Waals surface area (Å²) in [4.78, 5) is 10.0. The predicted octanol–water partition coefficient (Wildman–Crippen LogP) is 7.14. The highest BCUT2D eigenvalue weighted by Crippen LogP contribution is 2.42. The number of benzene rings is 4. The van der Waals surface area contributed by atoms with Crippen LogP contribution in [0, 0.1) is 0 Å². The Labute approximate surface area is 225 Å². The molecule has 188 valence electrons. The van der Waals surface area contributed by atoms with Gasteiger partial charge in [0.1, 0.15) is 17.7 Å². The van der Waals surface area contributed by atoms with Crippen LogP contribution in [0.15, 0.2) is 122 Å². The molecule has 0 radical (unpaired) electrons. The zero-order valence-corrected chi connectivity index (χ0v) is 21.4. The van der Waals surface area contributed by atoms with Crippen LogP contribution in [0.5, 0.6) is 5.75 Å². The van der Waals surface area contributed by atoms with Crippen molar-refractivity contribution in [3.63, 3.8) is 0 Å². The largest absolute Gasteiger partial charge is 0.497 e. The van der Waals surface area contributed by atoms with Crippen molar-refractivity contribution in [2.24, 2.45) is 0 Å². The average molecular weight is 508 g/mol. The summed E-state index contributed by atoms with van der Waals surface area (Å²) < 4.78 is 9.43. The molecule has 0 saturated heterocycles. The second-order valence-electron chi connectivity index (χ2n) is 9.40. The van der Waals surface area contributed by atoms with Crippen LogP contribution in [-0.2, 0) is 6.54 Å². The van der Waals surface area contributed by atoms with Crippen molar-refractivity contribution < 1.29 is 4.74 Å². The van der Waals surface area contributed by atoms with Gasteiger partial charge < -0.3 is 9.30 Å². The Morgan fingerprint density at radius 1 is 0.667 bits per heavy atom. The lowest BCUT2D eigenvalue weighted by atomic mass is 9.99. The van der Waals surface area contributed by atoms with Crippen molar-refractivity contribution >= 4 is 16.7 Å². The summed E-state index contributed by atoms with van der Waals surface area (Å²) in [7, 11) is 1.66. The minimum atomic E-state index is 0.642. The van der Waals surface area contributed by atoms with Gasteiger partial charge in [0.2, 0.25) is 0 Å². The maximum atomic E-state index is 5.33. The first-order chi connectivity index (χ1) is 19.3. The van der Waals surface area contributed by atoms with Gasteiger partial charge in [0.05, 0.1) is 18.2 Å². The first-order valence-electron chi connectivity index (χ1n) is 12.9. The van der Waals surface area contributed by atoms with Crippen LogP contribution in [0.2, 0.25) is 0 Å². The molecule has 0 spiro atoms. The molecule has 0 aliphatic rings. The second kappa shape index (κ2) is 9.58. The molecule has 0 unspecified atom stereocenters. The minimum Gasteiger partial charge on any atom is -0.497 e. The minimum absolute atomic E-state index is 0.642. The lowest BCUT2D eigenvalue weighted by Crippen LogP contribution is -2.03. The van der Waals surface area contributed by atoms with Gasteiger partial charge in [-0.05, 0) is 41.0 Å². The highest BCUT2D eigenvalue weighted by atomic mass is 16.5. The zero-order chi connectivity index (χ0) is 26.2. The molecule has 7 rings (SSSR count). The topological polar surface area (TPSA) is 57.2 Å². The van der Waals surface area contributed by atoms with Crippen LogP contribution in [0.3, 0.4) is 0 Å². The van der Waals surface area contributed by atoms with Crippen molar-refractivity contribution in [1.29, 1.82) is 0 Å². The smallest absolute Gasteiger partial charge is 0.182 e. The molecule has 6 heteroatoms. The normalized spacial score (nSPS) is 11.3. The molecule has 0 atom stereocenters. The van der Waals surface area contributed by atoms with E-state index in [0.717, 1.165) is 50.4 Å². The van der Waals surface area contributed by atoms with Crippen LogP contribution in [0.4, 0.5) is 0 Å². The number of fused-ring (bicyclic) bond motifs is 3. The Morgan fingerprint density at radius 2 is 1.31 bits per heavy atom. The maximum absolute atomic E-state index is 5.33. The molecule has 3 aromatic heterocycles. The van der Waals surface area contributed by atoms with E-state index in [1.54, 1.807) is 18.0 Å². The molecule has 3 heterocycles. The van der Waals surface area contributed by atoms with Gasteiger partial charge in [0, 0.05) is 17.7 Å². The molecule has 0 amide bonds. The van der Waals surface area contributed by atoms with Gasteiger partial charge in [-0.2, -0.15) is 0 Å². The van der Waals surface area contributed by atoms with E-state index in [1.807, 2.05) is 42.5 Å². The molecule has 0 aliphatic heterocycles. The van der Waals surface area contributed by atoms with Gasteiger partial charge in [-0.1, -0.05) is 91.0 Å². The van der Waals surface area contributed by atoms with Gasteiger partial charge >= 0.3 is 0 Å². The first kappa shape index (κ1) is 22.9. The Bertz CT molecular complexity index is 1890. The molecule has 0 N–H and O–H groups in total. The van der Waals surface area contributed by atoms with E-state index in [-0.39, 0.29) is 0 Å². The molecule has 39 heavy (non-hydrogen) atoms. The summed E-state index contributed by atoms with van der Waals surface area (Å²) in [6.07, 6.45) is 1.77. The SMILES string of the molecule is COc1ccc(-c2nc3c4c(-c5ccccc5)c(-c5ccccc5)n(Cc5ccccc5)c4ncn3n2)cc1. The highest BCUT2D eigenvalue weighted by molar-refractivity contribution is 6.09. The van der Waals surface area contributed by atoms with E-state index in [9.17, 15) is 0 Å². The van der Waals surface area contributed by atoms with Crippen LogP contribution < -0.4 is 4.74 Å². The summed E-state index contributed by atoms with van der Waals surface area (Å²) in [5.41, 5.74) is 8.20. The van der Waals surface area contributed by atoms with Crippen molar-refractivity contribution in [3.05, 3.63) is 127 Å². The number of rotatable bonds is 6. The summed E-state index contributed by atoms with van der Waals surface area (Å²) in [5, 5.41) is 5.79. The van der Waals surface area contributed by atoms with E-state index in [1.165, 1.54) is 5.56 Å². The van der Waals surface area contributed by atoms with E-state index in [0.29, 0.717) is 12.4 Å². The van der Waals surface area contributed by atoms with Crippen molar-refractivity contribution in [1.82, 2.24) is 24.1 Å². The van der Waals surface area contributed by atoms with Crippen LogP contribution in [0.25, 0.3) is 50.5 Å². The number of methoxy groups -OCH3 is 1.